The summed E-state index contributed by atoms with van der Waals surface area (Å²) in [6, 6.07) is 16.4. The fourth-order valence-corrected chi connectivity index (χ4v) is 4.01. The third kappa shape index (κ3) is 4.66. The normalized spacial score (nSPS) is 14.8. The van der Waals surface area contributed by atoms with Gasteiger partial charge in [-0.05, 0) is 41.5 Å². The first-order valence-electron chi connectivity index (χ1n) is 10.0. The van der Waals surface area contributed by atoms with Gasteiger partial charge >= 0.3 is 0 Å². The molecule has 0 atom stereocenters. The Morgan fingerprint density at radius 3 is 2.43 bits per heavy atom. The van der Waals surface area contributed by atoms with Gasteiger partial charge in [-0.2, -0.15) is 0 Å². The van der Waals surface area contributed by atoms with E-state index in [0.717, 1.165) is 60.6 Å². The van der Waals surface area contributed by atoms with E-state index >= 15 is 0 Å². The predicted octanol–water partition coefficient (Wildman–Crippen LogP) is 3.50. The van der Waals surface area contributed by atoms with Gasteiger partial charge in [0.1, 0.15) is 0 Å². The summed E-state index contributed by atoms with van der Waals surface area (Å²) in [4.78, 5) is 9.03. The number of hydrogen-bond acceptors (Lipinski definition) is 4. The second-order valence-corrected chi connectivity index (χ2v) is 8.07. The molecule has 156 valence electrons. The summed E-state index contributed by atoms with van der Waals surface area (Å²) in [5, 5.41) is 9.42. The highest BCUT2D eigenvalue weighted by molar-refractivity contribution is 6.30. The molecule has 1 fully saturated rings. The number of ether oxygens (including phenoxy) is 1. The van der Waals surface area contributed by atoms with Gasteiger partial charge in [0.25, 0.3) is 0 Å². The minimum Gasteiger partial charge on any atom is -0.481 e. The average molecular weight is 424 g/mol. The van der Waals surface area contributed by atoms with Crippen LogP contribution in [-0.2, 0) is 13.0 Å². The summed E-state index contributed by atoms with van der Waals surface area (Å²) < 4.78 is 5.55. The molecule has 1 aromatic heterocycles. The van der Waals surface area contributed by atoms with Crippen molar-refractivity contribution in [3.63, 3.8) is 0 Å². The Morgan fingerprint density at radius 1 is 1.07 bits per heavy atom. The zero-order valence-corrected chi connectivity index (χ0v) is 17.8. The third-order valence-electron chi connectivity index (χ3n) is 5.54. The average Bonchev–Trinajstić information content (AvgIpc) is 2.75. The largest absolute Gasteiger partial charge is 0.481 e. The van der Waals surface area contributed by atoms with Crippen LogP contribution in [-0.4, -0.2) is 54.0 Å². The van der Waals surface area contributed by atoms with Crippen LogP contribution in [0.25, 0.3) is 10.9 Å². The van der Waals surface area contributed by atoms with Crippen molar-refractivity contribution in [1.82, 2.24) is 14.8 Å². The van der Waals surface area contributed by atoms with Crippen LogP contribution in [0.4, 0.5) is 0 Å². The minimum atomic E-state index is 0.161. The molecular weight excluding hydrogens is 398 g/mol. The van der Waals surface area contributed by atoms with Gasteiger partial charge in [0, 0.05) is 55.1 Å². The molecule has 3 N–H and O–H groups in total. The van der Waals surface area contributed by atoms with Crippen LogP contribution in [0.2, 0.25) is 5.02 Å². The van der Waals surface area contributed by atoms with Crippen molar-refractivity contribution in [2.75, 3.05) is 33.3 Å². The van der Waals surface area contributed by atoms with E-state index in [4.69, 9.17) is 32.5 Å². The van der Waals surface area contributed by atoms with Crippen LogP contribution in [0.3, 0.4) is 0 Å². The van der Waals surface area contributed by atoms with E-state index in [1.54, 1.807) is 7.11 Å². The summed E-state index contributed by atoms with van der Waals surface area (Å²) >= 11 is 6.01. The first-order chi connectivity index (χ1) is 14.5. The molecule has 4 rings (SSSR count). The molecule has 0 saturated carbocycles. The van der Waals surface area contributed by atoms with Crippen molar-refractivity contribution in [2.24, 2.45) is 5.73 Å². The molecule has 2 heterocycles. The fraction of sp³-hybridized carbons (Fsp3) is 0.304. The number of benzene rings is 2. The lowest BCUT2D eigenvalue weighted by Crippen LogP contribution is -2.50. The highest BCUT2D eigenvalue weighted by atomic mass is 35.5. The van der Waals surface area contributed by atoms with Crippen LogP contribution in [0.1, 0.15) is 16.7 Å². The van der Waals surface area contributed by atoms with Gasteiger partial charge in [-0.3, -0.25) is 10.3 Å². The molecule has 3 aromatic rings. The maximum atomic E-state index is 7.57. The Hall–Kier alpha value is -2.83. The molecule has 7 heteroatoms. The maximum absolute atomic E-state index is 7.57. The molecule has 1 aliphatic rings. The summed E-state index contributed by atoms with van der Waals surface area (Å²) in [5.74, 6) is 0.819. The number of nitrogens with one attached hydrogen (secondary N) is 1. The SMILES string of the molecule is COc1nc2ccc(CN3CCN(C(=N)N)CC3)cc2cc1Cc1ccc(Cl)cc1. The van der Waals surface area contributed by atoms with Crippen molar-refractivity contribution in [1.29, 1.82) is 5.41 Å². The highest BCUT2D eigenvalue weighted by Crippen LogP contribution is 2.26. The van der Waals surface area contributed by atoms with Crippen LogP contribution in [0.5, 0.6) is 5.88 Å². The van der Waals surface area contributed by atoms with Crippen molar-refractivity contribution in [2.45, 2.75) is 13.0 Å². The van der Waals surface area contributed by atoms with E-state index in [2.05, 4.69) is 29.2 Å². The van der Waals surface area contributed by atoms with E-state index in [0.29, 0.717) is 5.88 Å². The molecule has 0 unspecified atom stereocenters. The molecule has 6 nitrogen and oxygen atoms in total. The molecule has 0 aliphatic carbocycles. The summed E-state index contributed by atoms with van der Waals surface area (Å²) in [7, 11) is 1.66. The van der Waals surface area contributed by atoms with E-state index in [-0.39, 0.29) is 5.96 Å². The topological polar surface area (TPSA) is 78.5 Å². The molecule has 0 amide bonds. The fourth-order valence-electron chi connectivity index (χ4n) is 3.88. The Morgan fingerprint density at radius 2 is 1.77 bits per heavy atom. The minimum absolute atomic E-state index is 0.161. The number of nitrogens with two attached hydrogens (primary N) is 1. The number of methoxy groups -OCH3 is 1. The van der Waals surface area contributed by atoms with Crippen molar-refractivity contribution in [3.05, 3.63) is 70.2 Å². The number of halogens is 1. The van der Waals surface area contributed by atoms with Crippen LogP contribution in [0, 0.1) is 5.41 Å². The first-order valence-corrected chi connectivity index (χ1v) is 10.4. The van der Waals surface area contributed by atoms with Crippen LogP contribution < -0.4 is 10.5 Å². The van der Waals surface area contributed by atoms with Gasteiger partial charge in [-0.1, -0.05) is 29.8 Å². The molecule has 0 spiro atoms. The Balaban J connectivity index is 1.54. The van der Waals surface area contributed by atoms with Gasteiger partial charge in [0.2, 0.25) is 5.88 Å². The Kier molecular flexibility index (Phi) is 6.06. The molecular formula is C23H26ClN5O. The zero-order chi connectivity index (χ0) is 21.1. The molecule has 0 bridgehead atoms. The van der Waals surface area contributed by atoms with Crippen LogP contribution in [0.15, 0.2) is 48.5 Å². The van der Waals surface area contributed by atoms with E-state index in [1.165, 1.54) is 11.1 Å². The smallest absolute Gasteiger partial charge is 0.217 e. The van der Waals surface area contributed by atoms with E-state index in [1.807, 2.05) is 29.2 Å². The van der Waals surface area contributed by atoms with E-state index in [9.17, 15) is 0 Å². The lowest BCUT2D eigenvalue weighted by atomic mass is 10.0. The van der Waals surface area contributed by atoms with Crippen molar-refractivity contribution >= 4 is 28.5 Å². The molecule has 0 radical (unpaired) electrons. The summed E-state index contributed by atoms with van der Waals surface area (Å²) in [6.07, 6.45) is 0.737. The Labute approximate surface area is 181 Å². The molecule has 1 saturated heterocycles. The molecule has 1 aliphatic heterocycles. The second-order valence-electron chi connectivity index (χ2n) is 7.64. The number of nitrogens with zero attached hydrogens (tertiary/aromatic N) is 3. The third-order valence-corrected chi connectivity index (χ3v) is 5.79. The Bertz CT molecular complexity index is 1050. The van der Waals surface area contributed by atoms with Gasteiger partial charge in [0.05, 0.1) is 12.6 Å². The zero-order valence-electron chi connectivity index (χ0n) is 17.1. The van der Waals surface area contributed by atoms with Gasteiger partial charge in [-0.15, -0.1) is 0 Å². The number of pyridine rings is 1. The second kappa shape index (κ2) is 8.90. The number of fused-ring (bicyclic) bond motifs is 1. The van der Waals surface area contributed by atoms with Gasteiger partial charge in [-0.25, -0.2) is 4.98 Å². The maximum Gasteiger partial charge on any atom is 0.217 e. The lowest BCUT2D eigenvalue weighted by molar-refractivity contribution is 0.174. The lowest BCUT2D eigenvalue weighted by Gasteiger charge is -2.34. The number of piperazine rings is 1. The molecule has 30 heavy (non-hydrogen) atoms. The van der Waals surface area contributed by atoms with Crippen LogP contribution >= 0.6 is 11.6 Å². The standard InChI is InChI=1S/C23H26ClN5O/c1-30-22-19(12-16-2-5-20(24)6-3-16)14-18-13-17(4-7-21(18)27-22)15-28-8-10-29(11-9-28)23(25)26/h2-7,13-14H,8-12,15H2,1H3,(H3,25,26). The monoisotopic (exact) mass is 423 g/mol. The van der Waals surface area contributed by atoms with Gasteiger partial charge in [0.15, 0.2) is 5.96 Å². The van der Waals surface area contributed by atoms with Crippen molar-refractivity contribution in [3.8, 4) is 5.88 Å². The van der Waals surface area contributed by atoms with Gasteiger partial charge < -0.3 is 15.4 Å². The predicted molar refractivity (Wildman–Crippen MR) is 121 cm³/mol. The first kappa shape index (κ1) is 20.4. The van der Waals surface area contributed by atoms with E-state index < -0.39 is 0 Å². The summed E-state index contributed by atoms with van der Waals surface area (Å²) in [5.41, 5.74) is 10.00. The summed E-state index contributed by atoms with van der Waals surface area (Å²) in [6.45, 7) is 4.28. The quantitative estimate of drug-likeness (QED) is 0.485. The van der Waals surface area contributed by atoms with Crippen molar-refractivity contribution < 1.29 is 4.74 Å². The number of aromatic nitrogens is 1. The number of hydrogen-bond donors (Lipinski definition) is 2. The highest BCUT2D eigenvalue weighted by Gasteiger charge is 2.18. The molecule has 2 aromatic carbocycles. The number of guanidine groups is 1. The number of rotatable bonds is 5.